The molecule has 6 unspecified atom stereocenters. The van der Waals surface area contributed by atoms with E-state index >= 15 is 0 Å². The number of esters is 1. The van der Waals surface area contributed by atoms with Gasteiger partial charge in [-0.1, -0.05) is 24.6 Å². The van der Waals surface area contributed by atoms with E-state index in [4.69, 9.17) is 4.74 Å². The van der Waals surface area contributed by atoms with Gasteiger partial charge < -0.3 is 14.9 Å². The lowest BCUT2D eigenvalue weighted by Gasteiger charge is -2.48. The lowest BCUT2D eigenvalue weighted by Crippen LogP contribution is -2.51. The van der Waals surface area contributed by atoms with Gasteiger partial charge in [0, 0.05) is 18.3 Å². The number of aliphatic hydroxyl groups is 2. The Morgan fingerprint density at radius 2 is 2.12 bits per heavy atom. The average molecular weight is 364 g/mol. The number of ether oxygens (including phenoxy) is 1. The highest BCUT2D eigenvalue weighted by molar-refractivity contribution is 5.66. The molecular formula is C21H29FO4. The van der Waals surface area contributed by atoms with Crippen LogP contribution in [0.5, 0.6) is 0 Å². The van der Waals surface area contributed by atoms with Crippen LogP contribution in [0.1, 0.15) is 58.8 Å². The van der Waals surface area contributed by atoms with Crippen molar-refractivity contribution < 1.29 is 24.1 Å². The van der Waals surface area contributed by atoms with E-state index in [2.05, 4.69) is 6.08 Å². The minimum Gasteiger partial charge on any atom is -0.459 e. The molecule has 26 heavy (non-hydrogen) atoms. The van der Waals surface area contributed by atoms with Crippen LogP contribution in [0, 0.1) is 17.3 Å². The zero-order valence-corrected chi connectivity index (χ0v) is 15.6. The van der Waals surface area contributed by atoms with Crippen molar-refractivity contribution >= 4 is 5.97 Å². The molecule has 0 radical (unpaired) electrons. The zero-order chi connectivity index (χ0) is 18.7. The zero-order valence-electron chi connectivity index (χ0n) is 15.6. The lowest BCUT2D eigenvalue weighted by molar-refractivity contribution is -0.159. The number of hydrogen-bond acceptors (Lipinski definition) is 4. The molecule has 4 nitrogen and oxygen atoms in total. The third-order valence-corrected chi connectivity index (χ3v) is 7.43. The van der Waals surface area contributed by atoms with Crippen molar-refractivity contribution in [2.24, 2.45) is 17.3 Å². The lowest BCUT2D eigenvalue weighted by atomic mass is 9.60. The van der Waals surface area contributed by atoms with Crippen LogP contribution in [-0.2, 0) is 9.53 Å². The molecule has 0 aromatic carbocycles. The number of carbonyl (C=O) groups excluding carboxylic acids is 1. The molecular weight excluding hydrogens is 335 g/mol. The smallest absolute Gasteiger partial charge is 0.303 e. The van der Waals surface area contributed by atoms with Gasteiger partial charge in [-0.2, -0.15) is 0 Å². The normalized spacial score (nSPS) is 47.7. The fourth-order valence-electron chi connectivity index (χ4n) is 6.05. The minimum atomic E-state index is -1.24. The maximum atomic E-state index is 14.8. The Bertz CT molecular complexity index is 671. The van der Waals surface area contributed by atoms with Crippen LogP contribution in [0.2, 0.25) is 0 Å². The molecule has 2 N–H and O–H groups in total. The second kappa shape index (κ2) is 6.16. The number of alkyl halides is 1. The maximum absolute atomic E-state index is 14.8. The Morgan fingerprint density at radius 1 is 1.35 bits per heavy atom. The molecule has 0 aromatic rings. The van der Waals surface area contributed by atoms with Crippen LogP contribution in [0.25, 0.3) is 0 Å². The highest BCUT2D eigenvalue weighted by Crippen LogP contribution is 2.60. The Labute approximate surface area is 154 Å². The van der Waals surface area contributed by atoms with Gasteiger partial charge in [-0.05, 0) is 56.4 Å². The van der Waals surface area contributed by atoms with E-state index in [-0.39, 0.29) is 18.4 Å². The van der Waals surface area contributed by atoms with Crippen molar-refractivity contribution in [2.45, 2.75) is 82.8 Å². The van der Waals surface area contributed by atoms with Crippen LogP contribution in [0.3, 0.4) is 0 Å². The molecule has 0 aromatic heterocycles. The van der Waals surface area contributed by atoms with E-state index in [1.165, 1.54) is 12.5 Å². The van der Waals surface area contributed by atoms with Crippen LogP contribution in [-0.4, -0.2) is 40.2 Å². The van der Waals surface area contributed by atoms with Crippen molar-refractivity contribution in [2.75, 3.05) is 0 Å². The first-order chi connectivity index (χ1) is 12.2. The monoisotopic (exact) mass is 364 g/mol. The van der Waals surface area contributed by atoms with Gasteiger partial charge in [-0.3, -0.25) is 4.79 Å². The first kappa shape index (κ1) is 18.2. The number of aliphatic hydroxyl groups excluding tert-OH is 1. The molecule has 0 amide bonds. The van der Waals surface area contributed by atoms with Crippen LogP contribution in [0.4, 0.5) is 4.39 Å². The van der Waals surface area contributed by atoms with E-state index in [1.807, 2.05) is 13.0 Å². The third kappa shape index (κ3) is 2.66. The van der Waals surface area contributed by atoms with Gasteiger partial charge in [0.1, 0.15) is 12.3 Å². The van der Waals surface area contributed by atoms with Crippen molar-refractivity contribution in [3.8, 4) is 0 Å². The third-order valence-electron chi connectivity index (χ3n) is 7.43. The predicted molar refractivity (Wildman–Crippen MR) is 95.0 cm³/mol. The van der Waals surface area contributed by atoms with E-state index < -0.39 is 29.3 Å². The Kier molecular flexibility index (Phi) is 4.31. The summed E-state index contributed by atoms with van der Waals surface area (Å²) in [7, 11) is 0. The summed E-state index contributed by atoms with van der Waals surface area (Å²) in [6, 6.07) is 0. The molecule has 4 aliphatic rings. The number of hydrogen-bond donors (Lipinski definition) is 2. The Balaban J connectivity index is 1.70. The van der Waals surface area contributed by atoms with Gasteiger partial charge in [-0.25, -0.2) is 4.39 Å². The Morgan fingerprint density at radius 3 is 2.85 bits per heavy atom. The SMILES string of the molecule is CC(=O)OC1C(F)CC2C1(C)CC=C1C=C3CC(O)CCC3CC[C@@]12O. The van der Waals surface area contributed by atoms with Gasteiger partial charge in [0.05, 0.1) is 11.7 Å². The highest BCUT2D eigenvalue weighted by atomic mass is 19.1. The second-order valence-electron chi connectivity index (χ2n) is 9.02. The fraction of sp³-hybridized carbons (Fsp3) is 0.762. The first-order valence-electron chi connectivity index (χ1n) is 9.87. The summed E-state index contributed by atoms with van der Waals surface area (Å²) in [5.41, 5.74) is 0.432. The summed E-state index contributed by atoms with van der Waals surface area (Å²) in [6.07, 6.45) is 6.43. The average Bonchev–Trinajstić information content (AvgIpc) is 2.74. The minimum absolute atomic E-state index is 0.221. The van der Waals surface area contributed by atoms with Gasteiger partial charge in [0.25, 0.3) is 0 Å². The topological polar surface area (TPSA) is 66.8 Å². The van der Waals surface area contributed by atoms with Crippen LogP contribution >= 0.6 is 0 Å². The van der Waals surface area contributed by atoms with Crippen molar-refractivity contribution in [1.29, 1.82) is 0 Å². The van der Waals surface area contributed by atoms with E-state index in [0.717, 1.165) is 24.8 Å². The molecule has 4 aliphatic carbocycles. The molecule has 0 heterocycles. The fourth-order valence-corrected chi connectivity index (χ4v) is 6.05. The summed E-state index contributed by atoms with van der Waals surface area (Å²) in [6.45, 7) is 3.26. The number of allylic oxidation sites excluding steroid dienone is 1. The number of halogens is 1. The molecule has 144 valence electrons. The molecule has 5 heteroatoms. The second-order valence-corrected chi connectivity index (χ2v) is 9.02. The molecule has 0 aliphatic heterocycles. The van der Waals surface area contributed by atoms with Gasteiger partial charge in [0.15, 0.2) is 0 Å². The quantitative estimate of drug-likeness (QED) is 0.701. The summed E-state index contributed by atoms with van der Waals surface area (Å²) < 4.78 is 20.2. The standard InChI is InChI=1S/C21H29FO4/c1-12(23)26-19-17(22)11-18-20(19,2)7-6-15-9-14-10-16(24)4-3-13(14)5-8-21(15,18)25/h6,9,13,16-19,24-25H,3-5,7-8,10-11H2,1-2H3/t13?,16?,17?,18?,19?,20?,21-/m1/s1. The summed E-state index contributed by atoms with van der Waals surface area (Å²) >= 11 is 0. The molecule has 0 spiro atoms. The highest BCUT2D eigenvalue weighted by Gasteiger charge is 2.63. The molecule has 0 bridgehead atoms. The van der Waals surface area contributed by atoms with E-state index in [1.54, 1.807) is 0 Å². The number of rotatable bonds is 1. The molecule has 7 atom stereocenters. The largest absolute Gasteiger partial charge is 0.459 e. The first-order valence-corrected chi connectivity index (χ1v) is 9.87. The van der Waals surface area contributed by atoms with Crippen molar-refractivity contribution in [3.63, 3.8) is 0 Å². The van der Waals surface area contributed by atoms with E-state index in [9.17, 15) is 19.4 Å². The van der Waals surface area contributed by atoms with Gasteiger partial charge in [0.2, 0.25) is 0 Å². The number of carbonyl (C=O) groups is 1. The molecule has 2 fully saturated rings. The van der Waals surface area contributed by atoms with Gasteiger partial charge >= 0.3 is 5.97 Å². The molecule has 2 saturated carbocycles. The van der Waals surface area contributed by atoms with Crippen LogP contribution in [0.15, 0.2) is 23.3 Å². The molecule has 4 rings (SSSR count). The summed E-state index contributed by atoms with van der Waals surface area (Å²) in [4.78, 5) is 11.5. The van der Waals surface area contributed by atoms with Gasteiger partial charge in [-0.15, -0.1) is 0 Å². The van der Waals surface area contributed by atoms with Crippen molar-refractivity contribution in [1.82, 2.24) is 0 Å². The number of fused-ring (bicyclic) bond motifs is 4. The summed E-state index contributed by atoms with van der Waals surface area (Å²) in [5, 5.41) is 21.7. The van der Waals surface area contributed by atoms with Crippen LogP contribution < -0.4 is 0 Å². The predicted octanol–water partition coefficient (Wildman–Crippen LogP) is 3.22. The van der Waals surface area contributed by atoms with Crippen molar-refractivity contribution in [3.05, 3.63) is 23.3 Å². The molecule has 0 saturated heterocycles. The summed E-state index contributed by atoms with van der Waals surface area (Å²) in [5.74, 6) is -0.340. The Hall–Kier alpha value is -1.20. The van der Waals surface area contributed by atoms with E-state index in [0.29, 0.717) is 25.2 Å². The maximum Gasteiger partial charge on any atom is 0.303 e.